The van der Waals surface area contributed by atoms with E-state index < -0.39 is 0 Å². The Morgan fingerprint density at radius 3 is 3.05 bits per heavy atom. The fraction of sp³-hybridized carbons (Fsp3) is 0.706. The Morgan fingerprint density at radius 1 is 1.41 bits per heavy atom. The fourth-order valence-electron chi connectivity index (χ4n) is 3.76. The number of methoxy groups -OCH3 is 1. The molecule has 0 aromatic carbocycles. The van der Waals surface area contributed by atoms with E-state index in [0.29, 0.717) is 19.3 Å². The van der Waals surface area contributed by atoms with Crippen molar-refractivity contribution in [1.82, 2.24) is 9.88 Å². The van der Waals surface area contributed by atoms with E-state index in [2.05, 4.69) is 9.88 Å². The summed E-state index contributed by atoms with van der Waals surface area (Å²) in [5.74, 6) is 1.09. The molecule has 0 bridgehead atoms. The van der Waals surface area contributed by atoms with Crippen molar-refractivity contribution in [3.63, 3.8) is 0 Å². The summed E-state index contributed by atoms with van der Waals surface area (Å²) in [6, 6.07) is 4.35. The minimum absolute atomic E-state index is 0.225. The van der Waals surface area contributed by atoms with Gasteiger partial charge < -0.3 is 14.6 Å². The van der Waals surface area contributed by atoms with Crippen LogP contribution in [-0.4, -0.2) is 54.0 Å². The van der Waals surface area contributed by atoms with Crippen LogP contribution < -0.4 is 4.74 Å². The van der Waals surface area contributed by atoms with E-state index in [1.165, 1.54) is 6.42 Å². The monoisotopic (exact) mass is 306 g/mol. The standard InChI is InChI=1S/C17H26N2O3/c1-12-8-14(21-2)9-13(18-12)10-19-6-3-4-16(19)15-11-22-7-5-17(15)20/h8-9,15-17,20H,3-7,10-11H2,1-2H3/t15-,16-,17-/m1/s1. The molecule has 1 N–H and O–H groups in total. The van der Waals surface area contributed by atoms with E-state index in [4.69, 9.17) is 9.47 Å². The fourth-order valence-corrected chi connectivity index (χ4v) is 3.76. The maximum atomic E-state index is 10.3. The molecular formula is C17H26N2O3. The number of rotatable bonds is 4. The zero-order valence-electron chi connectivity index (χ0n) is 13.5. The Bertz CT molecular complexity index is 509. The summed E-state index contributed by atoms with van der Waals surface area (Å²) in [5, 5.41) is 10.3. The molecule has 2 saturated heterocycles. The van der Waals surface area contributed by atoms with Crippen LogP contribution in [0.15, 0.2) is 12.1 Å². The molecule has 122 valence electrons. The normalized spacial score (nSPS) is 29.7. The van der Waals surface area contributed by atoms with Gasteiger partial charge in [0.1, 0.15) is 5.75 Å². The second-order valence-electron chi connectivity index (χ2n) is 6.41. The molecule has 3 rings (SSSR count). The van der Waals surface area contributed by atoms with Gasteiger partial charge in [-0.15, -0.1) is 0 Å². The number of hydrogen-bond donors (Lipinski definition) is 1. The van der Waals surface area contributed by atoms with E-state index >= 15 is 0 Å². The molecule has 2 fully saturated rings. The number of aryl methyl sites for hydroxylation is 1. The Kier molecular flexibility index (Phi) is 4.96. The second kappa shape index (κ2) is 6.94. The Hall–Kier alpha value is -1.17. The summed E-state index contributed by atoms with van der Waals surface area (Å²) >= 11 is 0. The van der Waals surface area contributed by atoms with Crippen molar-refractivity contribution in [3.8, 4) is 5.75 Å². The van der Waals surface area contributed by atoms with Gasteiger partial charge in [0.05, 0.1) is 25.5 Å². The van der Waals surface area contributed by atoms with Crippen LogP contribution in [0.3, 0.4) is 0 Å². The average Bonchev–Trinajstić information content (AvgIpc) is 2.95. The first-order valence-electron chi connectivity index (χ1n) is 8.19. The highest BCUT2D eigenvalue weighted by Crippen LogP contribution is 2.31. The van der Waals surface area contributed by atoms with Gasteiger partial charge in [-0.05, 0) is 32.7 Å². The van der Waals surface area contributed by atoms with Crippen LogP contribution in [0.2, 0.25) is 0 Å². The lowest BCUT2D eigenvalue weighted by atomic mass is 9.89. The molecule has 0 amide bonds. The molecule has 0 saturated carbocycles. The van der Waals surface area contributed by atoms with Gasteiger partial charge in [0.2, 0.25) is 0 Å². The molecule has 3 atom stereocenters. The number of hydrogen-bond acceptors (Lipinski definition) is 5. The van der Waals surface area contributed by atoms with Crippen molar-refractivity contribution >= 4 is 0 Å². The lowest BCUT2D eigenvalue weighted by Crippen LogP contribution is -2.45. The first-order chi connectivity index (χ1) is 10.7. The van der Waals surface area contributed by atoms with E-state index in [9.17, 15) is 5.11 Å². The van der Waals surface area contributed by atoms with Gasteiger partial charge in [-0.1, -0.05) is 0 Å². The highest BCUT2D eigenvalue weighted by molar-refractivity contribution is 5.26. The van der Waals surface area contributed by atoms with Crippen LogP contribution in [0.5, 0.6) is 5.75 Å². The Balaban J connectivity index is 1.72. The molecule has 2 aliphatic heterocycles. The third-order valence-corrected chi connectivity index (χ3v) is 4.85. The summed E-state index contributed by atoms with van der Waals surface area (Å²) in [7, 11) is 1.69. The van der Waals surface area contributed by atoms with Crippen molar-refractivity contribution in [2.24, 2.45) is 5.92 Å². The quantitative estimate of drug-likeness (QED) is 0.918. The van der Waals surface area contributed by atoms with Gasteiger partial charge in [-0.2, -0.15) is 0 Å². The van der Waals surface area contributed by atoms with Gasteiger partial charge in [0, 0.05) is 42.9 Å². The number of likely N-dealkylation sites (tertiary alicyclic amines) is 1. The zero-order valence-corrected chi connectivity index (χ0v) is 13.5. The smallest absolute Gasteiger partial charge is 0.122 e. The largest absolute Gasteiger partial charge is 0.497 e. The molecule has 0 radical (unpaired) electrons. The molecule has 2 aliphatic rings. The zero-order chi connectivity index (χ0) is 15.5. The summed E-state index contributed by atoms with van der Waals surface area (Å²) < 4.78 is 10.9. The third kappa shape index (κ3) is 3.42. The van der Waals surface area contributed by atoms with Crippen LogP contribution >= 0.6 is 0 Å². The van der Waals surface area contributed by atoms with Crippen molar-refractivity contribution in [2.45, 2.75) is 44.9 Å². The van der Waals surface area contributed by atoms with Crippen LogP contribution in [0, 0.1) is 12.8 Å². The number of nitrogens with zero attached hydrogens (tertiary/aromatic N) is 2. The molecule has 0 unspecified atom stereocenters. The lowest BCUT2D eigenvalue weighted by molar-refractivity contribution is -0.0637. The molecule has 5 nitrogen and oxygen atoms in total. The van der Waals surface area contributed by atoms with Crippen LogP contribution in [0.1, 0.15) is 30.7 Å². The highest BCUT2D eigenvalue weighted by Gasteiger charge is 2.37. The van der Waals surface area contributed by atoms with E-state index in [1.54, 1.807) is 7.11 Å². The maximum Gasteiger partial charge on any atom is 0.122 e. The van der Waals surface area contributed by atoms with Crippen LogP contribution in [0.25, 0.3) is 0 Å². The first kappa shape index (κ1) is 15.7. The van der Waals surface area contributed by atoms with Gasteiger partial charge in [0.15, 0.2) is 0 Å². The molecule has 3 heterocycles. The molecular weight excluding hydrogens is 280 g/mol. The van der Waals surface area contributed by atoms with Crippen molar-refractivity contribution in [2.75, 3.05) is 26.9 Å². The van der Waals surface area contributed by atoms with Crippen molar-refractivity contribution < 1.29 is 14.6 Å². The van der Waals surface area contributed by atoms with E-state index in [1.807, 2.05) is 19.1 Å². The SMILES string of the molecule is COc1cc(C)nc(CN2CCC[C@@H]2[C@H]2COCC[C@H]2O)c1. The predicted molar refractivity (Wildman–Crippen MR) is 83.9 cm³/mol. The highest BCUT2D eigenvalue weighted by atomic mass is 16.5. The summed E-state index contributed by atoms with van der Waals surface area (Å²) in [6.07, 6.45) is 2.83. The first-order valence-corrected chi connectivity index (χ1v) is 8.19. The number of aliphatic hydroxyl groups excluding tert-OH is 1. The molecule has 1 aromatic rings. The van der Waals surface area contributed by atoms with Gasteiger partial charge in [-0.3, -0.25) is 9.88 Å². The second-order valence-corrected chi connectivity index (χ2v) is 6.41. The number of ether oxygens (including phenoxy) is 2. The number of aliphatic hydroxyl groups is 1. The molecule has 5 heteroatoms. The molecule has 0 aliphatic carbocycles. The average molecular weight is 306 g/mol. The van der Waals surface area contributed by atoms with Crippen LogP contribution in [0.4, 0.5) is 0 Å². The number of pyridine rings is 1. The third-order valence-electron chi connectivity index (χ3n) is 4.85. The van der Waals surface area contributed by atoms with Crippen molar-refractivity contribution in [1.29, 1.82) is 0 Å². The molecule has 0 spiro atoms. The van der Waals surface area contributed by atoms with Crippen molar-refractivity contribution in [3.05, 3.63) is 23.5 Å². The summed E-state index contributed by atoms with van der Waals surface area (Å²) in [6.45, 7) is 5.22. The van der Waals surface area contributed by atoms with Gasteiger partial charge in [0.25, 0.3) is 0 Å². The van der Waals surface area contributed by atoms with Gasteiger partial charge >= 0.3 is 0 Å². The molecule has 1 aromatic heterocycles. The summed E-state index contributed by atoms with van der Waals surface area (Å²) in [4.78, 5) is 7.08. The van der Waals surface area contributed by atoms with Crippen LogP contribution in [-0.2, 0) is 11.3 Å². The topological polar surface area (TPSA) is 54.8 Å². The molecule has 22 heavy (non-hydrogen) atoms. The lowest BCUT2D eigenvalue weighted by Gasteiger charge is -2.37. The minimum Gasteiger partial charge on any atom is -0.497 e. The Labute approximate surface area is 132 Å². The Morgan fingerprint density at radius 2 is 2.27 bits per heavy atom. The van der Waals surface area contributed by atoms with Gasteiger partial charge in [-0.25, -0.2) is 0 Å². The number of aromatic nitrogens is 1. The predicted octanol–water partition coefficient (Wildman–Crippen LogP) is 1.76. The summed E-state index contributed by atoms with van der Waals surface area (Å²) in [5.41, 5.74) is 2.01. The maximum absolute atomic E-state index is 10.3. The van der Waals surface area contributed by atoms with E-state index in [-0.39, 0.29) is 12.0 Å². The van der Waals surface area contributed by atoms with E-state index in [0.717, 1.165) is 43.1 Å². The minimum atomic E-state index is -0.237.